The van der Waals surface area contributed by atoms with E-state index in [2.05, 4.69) is 179 Å². The van der Waals surface area contributed by atoms with Crippen LogP contribution in [0.25, 0.3) is 99.5 Å². The average Bonchev–Trinajstić information content (AvgIpc) is 3.42. The number of aromatic nitrogens is 3. The minimum absolute atomic E-state index is 0. The Labute approximate surface area is 405 Å². The third-order valence-electron chi connectivity index (χ3n) is 11.5. The summed E-state index contributed by atoms with van der Waals surface area (Å²) in [5.41, 5.74) is 13.2. The summed E-state index contributed by atoms with van der Waals surface area (Å²) in [4.78, 5) is 13.6. The molecule has 9 aromatic carbocycles. The Hall–Kier alpha value is -8.14. The molecule has 12 aromatic rings. The van der Waals surface area contributed by atoms with Gasteiger partial charge in [-0.15, -0.1) is 89.5 Å². The fourth-order valence-electron chi connectivity index (χ4n) is 8.15. The molecule has 4 heteroatoms. The molecule has 12 rings (SSSR count). The van der Waals surface area contributed by atoms with Crippen LogP contribution in [0.5, 0.6) is 0 Å². The maximum atomic E-state index is 4.55. The molecule has 3 heterocycles. The molecule has 0 aliphatic carbocycles. The first kappa shape index (κ1) is 44.1. The summed E-state index contributed by atoms with van der Waals surface area (Å²) < 4.78 is 0. The number of fused-ring (bicyclic) bond motifs is 3. The molecular weight excluding hydrogens is 991 g/mol. The van der Waals surface area contributed by atoms with Crippen LogP contribution in [0, 0.1) is 18.2 Å². The molecule has 3 aromatic heterocycles. The Kier molecular flexibility index (Phi) is 14.0. The largest absolute Gasteiger partial charge is 3.00 e. The van der Waals surface area contributed by atoms with E-state index in [1.54, 1.807) is 0 Å². The summed E-state index contributed by atoms with van der Waals surface area (Å²) in [5, 5.41) is 7.09. The molecule has 0 bridgehead atoms. The summed E-state index contributed by atoms with van der Waals surface area (Å²) in [5.74, 6) is 0. The van der Waals surface area contributed by atoms with Crippen LogP contribution in [0.3, 0.4) is 0 Å². The Morgan fingerprint density at radius 3 is 0.776 bits per heavy atom. The predicted octanol–water partition coefficient (Wildman–Crippen LogP) is 16.1. The van der Waals surface area contributed by atoms with Crippen molar-refractivity contribution in [3.8, 4) is 67.2 Å². The van der Waals surface area contributed by atoms with Crippen LogP contribution < -0.4 is 0 Å². The Bertz CT molecular complexity index is 3100. The van der Waals surface area contributed by atoms with Gasteiger partial charge in [0.2, 0.25) is 0 Å². The van der Waals surface area contributed by atoms with Crippen molar-refractivity contribution in [2.75, 3.05) is 0 Å². The van der Waals surface area contributed by atoms with Gasteiger partial charge < -0.3 is 15.0 Å². The van der Waals surface area contributed by atoms with Crippen molar-refractivity contribution >= 4 is 32.3 Å². The minimum atomic E-state index is 0. The van der Waals surface area contributed by atoms with E-state index in [1.807, 2.05) is 110 Å². The average molecular weight is 1030 g/mol. The quantitative estimate of drug-likeness (QED) is 0.156. The van der Waals surface area contributed by atoms with Crippen LogP contribution in [0.15, 0.2) is 255 Å². The number of nitrogens with zero attached hydrogens (tertiary/aromatic N) is 3. The normalized spacial score (nSPS) is 10.6. The first-order chi connectivity index (χ1) is 32.7. The zero-order valence-electron chi connectivity index (χ0n) is 36.4. The van der Waals surface area contributed by atoms with Gasteiger partial charge in [-0.3, -0.25) is 0 Å². The Morgan fingerprint density at radius 1 is 0.239 bits per heavy atom. The molecule has 0 saturated heterocycles. The zero-order chi connectivity index (χ0) is 44.3. The molecule has 0 saturated carbocycles. The number of rotatable bonds is 6. The summed E-state index contributed by atoms with van der Waals surface area (Å²) in [6.07, 6.45) is 5.57. The van der Waals surface area contributed by atoms with Crippen molar-refractivity contribution in [1.29, 1.82) is 0 Å². The fourth-order valence-corrected chi connectivity index (χ4v) is 8.15. The Balaban J connectivity index is 0.000000125. The monoisotopic (exact) mass is 1030 g/mol. The molecule has 0 N–H and O–H groups in total. The molecule has 3 nitrogen and oxygen atoms in total. The molecule has 0 aliphatic rings. The van der Waals surface area contributed by atoms with E-state index in [4.69, 9.17) is 0 Å². The van der Waals surface area contributed by atoms with Crippen LogP contribution in [-0.4, -0.2) is 15.0 Å². The Morgan fingerprint density at radius 2 is 0.507 bits per heavy atom. The van der Waals surface area contributed by atoms with E-state index in [1.165, 1.54) is 49.5 Å². The van der Waals surface area contributed by atoms with Gasteiger partial charge >= 0.3 is 20.1 Å². The second-order valence-electron chi connectivity index (χ2n) is 15.7. The van der Waals surface area contributed by atoms with Gasteiger partial charge in [-0.1, -0.05) is 197 Å². The summed E-state index contributed by atoms with van der Waals surface area (Å²) in [7, 11) is 0. The van der Waals surface area contributed by atoms with Crippen LogP contribution >= 0.6 is 0 Å². The molecule has 0 amide bonds. The fraction of sp³-hybridized carbons (Fsp3) is 0. The number of hydrogen-bond acceptors (Lipinski definition) is 3. The van der Waals surface area contributed by atoms with Gasteiger partial charge in [0.15, 0.2) is 0 Å². The van der Waals surface area contributed by atoms with Crippen LogP contribution in [-0.2, 0) is 20.1 Å². The van der Waals surface area contributed by atoms with Gasteiger partial charge in [-0.2, -0.15) is 0 Å². The molecule has 0 aliphatic heterocycles. The smallest absolute Gasteiger partial charge is 0.304 e. The number of pyridine rings is 3. The van der Waals surface area contributed by atoms with E-state index >= 15 is 0 Å². The molecule has 67 heavy (non-hydrogen) atoms. The minimum Gasteiger partial charge on any atom is -0.304 e. The van der Waals surface area contributed by atoms with Crippen molar-refractivity contribution in [2.45, 2.75) is 0 Å². The van der Waals surface area contributed by atoms with E-state index < -0.39 is 0 Å². The molecule has 0 atom stereocenters. The first-order valence-electron chi connectivity index (χ1n) is 22.0. The number of hydrogen-bond donors (Lipinski definition) is 0. The maximum Gasteiger partial charge on any atom is 3.00 e. The molecule has 0 fully saturated rings. The van der Waals surface area contributed by atoms with E-state index in [-0.39, 0.29) is 20.1 Å². The topological polar surface area (TPSA) is 38.7 Å². The van der Waals surface area contributed by atoms with Crippen molar-refractivity contribution in [3.63, 3.8) is 0 Å². The van der Waals surface area contributed by atoms with Gasteiger partial charge in [0.05, 0.1) is 0 Å². The molecule has 0 unspecified atom stereocenters. The second-order valence-corrected chi connectivity index (χ2v) is 15.7. The maximum absolute atomic E-state index is 4.55. The zero-order valence-corrected chi connectivity index (χ0v) is 38.8. The van der Waals surface area contributed by atoms with Crippen molar-refractivity contribution < 1.29 is 20.1 Å². The van der Waals surface area contributed by atoms with E-state index in [0.29, 0.717) is 0 Å². The molecule has 0 spiro atoms. The van der Waals surface area contributed by atoms with Crippen molar-refractivity contribution in [2.24, 2.45) is 0 Å². The van der Waals surface area contributed by atoms with E-state index in [9.17, 15) is 0 Å². The number of benzene rings is 9. The molecular formula is C63H42IrN3. The van der Waals surface area contributed by atoms with Crippen LogP contribution in [0.4, 0.5) is 0 Å². The van der Waals surface area contributed by atoms with Crippen molar-refractivity contribution in [1.82, 2.24) is 15.0 Å². The first-order valence-corrected chi connectivity index (χ1v) is 22.0. The van der Waals surface area contributed by atoms with Gasteiger partial charge in [0, 0.05) is 18.6 Å². The second kappa shape index (κ2) is 21.2. The van der Waals surface area contributed by atoms with Crippen LogP contribution in [0.1, 0.15) is 0 Å². The predicted molar refractivity (Wildman–Crippen MR) is 274 cm³/mol. The standard InChI is InChI=1S/3C21H14N.Ir/c3*1-2-6-16(7-3-1)17-10-12-19(13-11-17)21-20-9-5-4-8-18(20)14-15-22-21;/h3*1-12,14-15H;/q3*-1;+3. The van der Waals surface area contributed by atoms with Gasteiger partial charge in [-0.05, 0) is 67.6 Å². The van der Waals surface area contributed by atoms with Gasteiger partial charge in [0.1, 0.15) is 0 Å². The third kappa shape index (κ3) is 10.2. The summed E-state index contributed by atoms with van der Waals surface area (Å²) >= 11 is 0. The SMILES string of the molecule is [Ir+3].[c-]1cc(-c2ccccc2)ccc1-c1nccc2ccccc12.[c-]1cc(-c2ccccc2)ccc1-c1nccc2ccccc12.[c-]1cc(-c2ccccc2)ccc1-c1nccc2ccccc12. The van der Waals surface area contributed by atoms with Gasteiger partial charge in [0.25, 0.3) is 0 Å². The van der Waals surface area contributed by atoms with E-state index in [0.717, 1.165) is 49.9 Å². The summed E-state index contributed by atoms with van der Waals surface area (Å²) in [6, 6.07) is 91.0. The third-order valence-corrected chi connectivity index (χ3v) is 11.5. The molecule has 0 radical (unpaired) electrons. The van der Waals surface area contributed by atoms with Gasteiger partial charge in [-0.25, -0.2) is 0 Å². The van der Waals surface area contributed by atoms with Crippen LogP contribution in [0.2, 0.25) is 0 Å². The molecule has 318 valence electrons. The summed E-state index contributed by atoms with van der Waals surface area (Å²) in [6.45, 7) is 0. The van der Waals surface area contributed by atoms with Crippen molar-refractivity contribution in [3.05, 3.63) is 273 Å².